The normalized spacial score (nSPS) is 23.9. The molecule has 0 saturated carbocycles. The fraction of sp³-hybridized carbons (Fsp3) is 0.909. The Hall–Kier alpha value is -0.300. The van der Waals surface area contributed by atoms with E-state index in [9.17, 15) is 9.90 Å². The molecule has 5 nitrogen and oxygen atoms in total. The molecule has 17 heavy (non-hydrogen) atoms. The topological polar surface area (TPSA) is 70.0 Å². The number of hydrogen-bond acceptors (Lipinski definition) is 5. The number of aliphatic hydroxyl groups excluding tert-OH is 1. The second kappa shape index (κ2) is 7.20. The summed E-state index contributed by atoms with van der Waals surface area (Å²) in [6.45, 7) is 5.15. The Bertz CT molecular complexity index is 250. The molecule has 0 spiro atoms. The predicted molar refractivity (Wildman–Crippen MR) is 67.4 cm³/mol. The molecule has 1 saturated heterocycles. The molecular weight excluding hydrogens is 242 g/mol. The molecule has 1 heterocycles. The van der Waals surface area contributed by atoms with Crippen molar-refractivity contribution in [1.82, 2.24) is 4.90 Å². The highest BCUT2D eigenvalue weighted by Crippen LogP contribution is 2.17. The third-order valence-electron chi connectivity index (χ3n) is 2.59. The fourth-order valence-electron chi connectivity index (χ4n) is 1.71. The molecule has 2 atom stereocenters. The molecule has 1 aliphatic heterocycles. The quantitative estimate of drug-likeness (QED) is 0.717. The Morgan fingerprint density at radius 1 is 1.59 bits per heavy atom. The lowest BCUT2D eigenvalue weighted by molar-refractivity contribution is -0.143. The van der Waals surface area contributed by atoms with Crippen LogP contribution >= 0.6 is 11.8 Å². The van der Waals surface area contributed by atoms with Gasteiger partial charge in [-0.15, -0.1) is 0 Å². The Morgan fingerprint density at radius 2 is 2.29 bits per heavy atom. The van der Waals surface area contributed by atoms with Gasteiger partial charge in [-0.2, -0.15) is 11.8 Å². The van der Waals surface area contributed by atoms with Crippen molar-refractivity contribution in [3.8, 4) is 0 Å². The van der Waals surface area contributed by atoms with Crippen LogP contribution in [-0.2, 0) is 9.53 Å². The zero-order valence-corrected chi connectivity index (χ0v) is 11.2. The van der Waals surface area contributed by atoms with Crippen LogP contribution in [0.25, 0.3) is 0 Å². The number of ether oxygens (including phenoxy) is 1. The van der Waals surface area contributed by atoms with E-state index in [1.165, 1.54) is 0 Å². The summed E-state index contributed by atoms with van der Waals surface area (Å²) in [7, 11) is 0. The summed E-state index contributed by atoms with van der Waals surface area (Å²) in [5.74, 6) is 0.698. The number of carboxylic acids is 1. The number of β-amino-alcohol motifs (C(OH)–C–C–N with tert-alkyl or cyclic N) is 1. The second-order valence-electron chi connectivity index (χ2n) is 4.46. The van der Waals surface area contributed by atoms with Crippen LogP contribution in [0.4, 0.5) is 0 Å². The van der Waals surface area contributed by atoms with Gasteiger partial charge in [0.15, 0.2) is 0 Å². The Kier molecular flexibility index (Phi) is 6.26. The third-order valence-corrected chi connectivity index (χ3v) is 3.61. The van der Waals surface area contributed by atoms with Crippen molar-refractivity contribution in [2.24, 2.45) is 0 Å². The van der Waals surface area contributed by atoms with Crippen LogP contribution in [-0.4, -0.2) is 70.5 Å². The highest BCUT2D eigenvalue weighted by Gasteiger charge is 2.29. The van der Waals surface area contributed by atoms with Crippen LogP contribution in [0, 0.1) is 0 Å². The first-order valence-electron chi connectivity index (χ1n) is 5.85. The maximum atomic E-state index is 11.0. The molecule has 1 fully saturated rings. The lowest BCUT2D eigenvalue weighted by Crippen LogP contribution is -2.50. The van der Waals surface area contributed by atoms with Crippen molar-refractivity contribution in [2.45, 2.75) is 32.1 Å². The molecule has 0 aromatic rings. The number of hydrogen-bond donors (Lipinski definition) is 2. The molecule has 6 heteroatoms. The first-order chi connectivity index (χ1) is 8.00. The molecule has 1 rings (SSSR count). The lowest BCUT2D eigenvalue weighted by Gasteiger charge is -2.33. The summed E-state index contributed by atoms with van der Waals surface area (Å²) in [6.07, 6.45) is -0.542. The van der Waals surface area contributed by atoms with E-state index in [1.54, 1.807) is 11.8 Å². The van der Waals surface area contributed by atoms with Gasteiger partial charge < -0.3 is 14.9 Å². The van der Waals surface area contributed by atoms with E-state index in [-0.39, 0.29) is 12.7 Å². The van der Waals surface area contributed by atoms with Crippen LogP contribution in [0.5, 0.6) is 0 Å². The second-order valence-corrected chi connectivity index (χ2v) is 5.61. The third kappa shape index (κ3) is 5.25. The number of aliphatic carboxylic acids is 1. The number of rotatable bonds is 6. The first kappa shape index (κ1) is 14.8. The zero-order chi connectivity index (χ0) is 12.8. The van der Waals surface area contributed by atoms with E-state index in [1.807, 2.05) is 18.7 Å². The van der Waals surface area contributed by atoms with Crippen molar-refractivity contribution >= 4 is 17.7 Å². The van der Waals surface area contributed by atoms with Gasteiger partial charge >= 0.3 is 5.97 Å². The molecule has 0 aromatic heterocycles. The Morgan fingerprint density at radius 3 is 2.88 bits per heavy atom. The number of carboxylic acid groups (broad SMARTS) is 1. The largest absolute Gasteiger partial charge is 0.480 e. The summed E-state index contributed by atoms with van der Waals surface area (Å²) < 4.78 is 5.31. The summed E-state index contributed by atoms with van der Waals surface area (Å²) in [5, 5.41) is 18.9. The van der Waals surface area contributed by atoms with Crippen molar-refractivity contribution in [3.05, 3.63) is 0 Å². The number of carbonyl (C=O) groups is 1. The lowest BCUT2D eigenvalue weighted by atomic mass is 10.2. The monoisotopic (exact) mass is 263 g/mol. The van der Waals surface area contributed by atoms with Crippen molar-refractivity contribution in [2.75, 3.05) is 31.2 Å². The van der Waals surface area contributed by atoms with Gasteiger partial charge in [0.1, 0.15) is 6.04 Å². The van der Waals surface area contributed by atoms with E-state index in [4.69, 9.17) is 9.84 Å². The first-order valence-corrected chi connectivity index (χ1v) is 7.00. The van der Waals surface area contributed by atoms with Gasteiger partial charge in [-0.05, 0) is 13.8 Å². The van der Waals surface area contributed by atoms with E-state index in [0.29, 0.717) is 18.8 Å². The summed E-state index contributed by atoms with van der Waals surface area (Å²) in [4.78, 5) is 12.9. The van der Waals surface area contributed by atoms with Crippen molar-refractivity contribution < 1.29 is 19.7 Å². The van der Waals surface area contributed by atoms with Crippen molar-refractivity contribution in [1.29, 1.82) is 0 Å². The smallest absolute Gasteiger partial charge is 0.321 e. The molecule has 2 N–H and O–H groups in total. The van der Waals surface area contributed by atoms with Gasteiger partial charge in [-0.3, -0.25) is 9.69 Å². The molecule has 0 radical (unpaired) electrons. The molecule has 100 valence electrons. The van der Waals surface area contributed by atoms with Crippen LogP contribution in [0.2, 0.25) is 0 Å². The zero-order valence-electron chi connectivity index (χ0n) is 10.3. The van der Waals surface area contributed by atoms with Crippen LogP contribution in [0.3, 0.4) is 0 Å². The Labute approximate surface area is 106 Å². The predicted octanol–water partition coefficient (Wildman–Crippen LogP) is 0.274. The number of aliphatic hydroxyl groups is 1. The maximum absolute atomic E-state index is 11.0. The molecule has 0 aromatic carbocycles. The molecule has 0 amide bonds. The van der Waals surface area contributed by atoms with Crippen LogP contribution < -0.4 is 0 Å². The minimum absolute atomic E-state index is 0.0804. The highest BCUT2D eigenvalue weighted by molar-refractivity contribution is 7.99. The minimum atomic E-state index is -0.811. The molecule has 0 aliphatic carbocycles. The van der Waals surface area contributed by atoms with Gasteiger partial charge in [-0.25, -0.2) is 0 Å². The molecule has 0 bridgehead atoms. The average molecular weight is 263 g/mol. The minimum Gasteiger partial charge on any atom is -0.480 e. The number of nitrogens with zero attached hydrogens (tertiary/aromatic N) is 1. The average Bonchev–Trinajstić information content (AvgIpc) is 2.27. The van der Waals surface area contributed by atoms with E-state index >= 15 is 0 Å². The molecule has 1 aliphatic rings. The van der Waals surface area contributed by atoms with Gasteiger partial charge in [0, 0.05) is 24.6 Å². The highest BCUT2D eigenvalue weighted by atomic mass is 32.2. The SMILES string of the molecule is CC(C)OCC(O)CN1CCSCC1C(=O)O. The van der Waals surface area contributed by atoms with Crippen LogP contribution in [0.1, 0.15) is 13.8 Å². The number of thioether (sulfide) groups is 1. The van der Waals surface area contributed by atoms with Crippen molar-refractivity contribution in [3.63, 3.8) is 0 Å². The van der Waals surface area contributed by atoms with Gasteiger partial charge in [0.2, 0.25) is 0 Å². The summed E-state index contributed by atoms with van der Waals surface area (Å²) in [5.41, 5.74) is 0. The standard InChI is InChI=1S/C11H21NO4S/c1-8(2)16-6-9(13)5-12-3-4-17-7-10(12)11(14)15/h8-10,13H,3-7H2,1-2H3,(H,14,15). The van der Waals surface area contributed by atoms with E-state index in [2.05, 4.69) is 0 Å². The Balaban J connectivity index is 2.39. The molecule has 2 unspecified atom stereocenters. The summed E-state index contributed by atoms with van der Waals surface area (Å²) in [6, 6.07) is -0.484. The molecular formula is C11H21NO4S. The summed E-state index contributed by atoms with van der Waals surface area (Å²) >= 11 is 1.65. The van der Waals surface area contributed by atoms with Gasteiger partial charge in [0.05, 0.1) is 18.8 Å². The maximum Gasteiger partial charge on any atom is 0.321 e. The fourth-order valence-corrected chi connectivity index (χ4v) is 2.82. The van der Waals surface area contributed by atoms with Gasteiger partial charge in [-0.1, -0.05) is 0 Å². The van der Waals surface area contributed by atoms with Crippen LogP contribution in [0.15, 0.2) is 0 Å². The van der Waals surface area contributed by atoms with Gasteiger partial charge in [0.25, 0.3) is 0 Å². The van der Waals surface area contributed by atoms with E-state index < -0.39 is 18.1 Å². The van der Waals surface area contributed by atoms with E-state index in [0.717, 1.165) is 5.75 Å².